The van der Waals surface area contributed by atoms with E-state index in [4.69, 9.17) is 9.47 Å². The second-order valence-electron chi connectivity index (χ2n) is 8.75. The summed E-state index contributed by atoms with van der Waals surface area (Å²) in [6, 6.07) is 30.6. The molecule has 4 aromatic carbocycles. The number of carbonyl (C=O) groups excluding carboxylic acids is 2. The van der Waals surface area contributed by atoms with Crippen LogP contribution in [0.1, 0.15) is 50.1 Å². The summed E-state index contributed by atoms with van der Waals surface area (Å²) in [4.78, 5) is 25.9. The zero-order chi connectivity index (χ0) is 22.4. The molecule has 0 heterocycles. The minimum atomic E-state index is -0.524. The smallest absolute Gasteiger partial charge is 0.338 e. The van der Waals surface area contributed by atoms with E-state index in [1.54, 1.807) is 24.3 Å². The topological polar surface area (TPSA) is 52.6 Å². The van der Waals surface area contributed by atoms with Gasteiger partial charge in [-0.3, -0.25) is 0 Å². The molecule has 0 aliphatic heterocycles. The molecule has 2 aliphatic rings. The van der Waals surface area contributed by atoms with Gasteiger partial charge in [-0.15, -0.1) is 0 Å². The average molecular weight is 434 g/mol. The summed E-state index contributed by atoms with van der Waals surface area (Å²) < 4.78 is 12.1. The summed E-state index contributed by atoms with van der Waals surface area (Å²) in [5, 5.41) is 2.32. The first-order valence-corrected chi connectivity index (χ1v) is 11.2. The van der Waals surface area contributed by atoms with E-state index in [1.807, 2.05) is 48.5 Å². The van der Waals surface area contributed by atoms with Crippen LogP contribution < -0.4 is 0 Å². The fourth-order valence-corrected chi connectivity index (χ4v) is 5.36. The SMILES string of the molecule is O=C(OC1C2CC(c3cc4ccccc4cc32)C1OC(=O)c1ccccc1)c1ccccc1. The molecule has 0 radical (unpaired) electrons. The monoisotopic (exact) mass is 434 g/mol. The molecule has 0 spiro atoms. The van der Waals surface area contributed by atoms with Crippen LogP contribution in [-0.4, -0.2) is 24.1 Å². The molecule has 0 aromatic heterocycles. The van der Waals surface area contributed by atoms with Crippen molar-refractivity contribution in [3.8, 4) is 0 Å². The van der Waals surface area contributed by atoms with Crippen LogP contribution in [0.15, 0.2) is 97.1 Å². The van der Waals surface area contributed by atoms with E-state index in [2.05, 4.69) is 24.3 Å². The molecule has 1 saturated carbocycles. The van der Waals surface area contributed by atoms with Crippen molar-refractivity contribution in [3.63, 3.8) is 0 Å². The molecule has 33 heavy (non-hydrogen) atoms. The lowest BCUT2D eigenvalue weighted by molar-refractivity contribution is -0.0348. The number of rotatable bonds is 4. The summed E-state index contributed by atoms with van der Waals surface area (Å²) in [5.74, 6) is -0.792. The van der Waals surface area contributed by atoms with Crippen molar-refractivity contribution >= 4 is 22.7 Å². The summed E-state index contributed by atoms with van der Waals surface area (Å²) in [7, 11) is 0. The van der Waals surface area contributed by atoms with Gasteiger partial charge in [0.25, 0.3) is 0 Å². The Bertz CT molecular complexity index is 1240. The van der Waals surface area contributed by atoms with Gasteiger partial charge in [0, 0.05) is 11.8 Å². The van der Waals surface area contributed by atoms with Crippen molar-refractivity contribution in [3.05, 3.63) is 119 Å². The van der Waals surface area contributed by atoms with Crippen LogP contribution in [0.25, 0.3) is 10.8 Å². The lowest BCUT2D eigenvalue weighted by atomic mass is 9.85. The molecule has 4 atom stereocenters. The Morgan fingerprint density at radius 3 is 1.39 bits per heavy atom. The standard InChI is InChI=1S/C29H22O4/c30-28(18-9-3-1-4-10-18)32-26-24-17-25(27(26)33-29(31)19-11-5-2-6-12-19)23-16-21-14-8-7-13-20(21)15-22(23)24/h1-16,24-27H,17H2. The highest BCUT2D eigenvalue weighted by Crippen LogP contribution is 2.56. The van der Waals surface area contributed by atoms with E-state index in [9.17, 15) is 9.59 Å². The Morgan fingerprint density at radius 1 is 0.576 bits per heavy atom. The Balaban J connectivity index is 1.37. The quantitative estimate of drug-likeness (QED) is 0.377. The molecule has 1 fully saturated rings. The zero-order valence-corrected chi connectivity index (χ0v) is 17.9. The van der Waals surface area contributed by atoms with Crippen LogP contribution in [0.4, 0.5) is 0 Å². The van der Waals surface area contributed by atoms with Gasteiger partial charge < -0.3 is 9.47 Å². The van der Waals surface area contributed by atoms with Crippen LogP contribution in [0.2, 0.25) is 0 Å². The minimum Gasteiger partial charge on any atom is -0.454 e. The first-order chi connectivity index (χ1) is 16.2. The summed E-state index contributed by atoms with van der Waals surface area (Å²) in [5.41, 5.74) is 3.37. The maximum atomic E-state index is 12.9. The number of esters is 2. The molecule has 162 valence electrons. The second-order valence-corrected chi connectivity index (χ2v) is 8.75. The Hall–Kier alpha value is -3.92. The maximum absolute atomic E-state index is 12.9. The van der Waals surface area contributed by atoms with E-state index in [1.165, 1.54) is 11.1 Å². The van der Waals surface area contributed by atoms with E-state index in [0.717, 1.165) is 17.2 Å². The number of hydrogen-bond acceptors (Lipinski definition) is 4. The molecular formula is C29H22O4. The number of hydrogen-bond donors (Lipinski definition) is 0. The van der Waals surface area contributed by atoms with E-state index < -0.39 is 24.1 Å². The third-order valence-corrected chi connectivity index (χ3v) is 6.88. The molecular weight excluding hydrogens is 412 g/mol. The Labute approximate surface area is 191 Å². The van der Waals surface area contributed by atoms with Gasteiger partial charge >= 0.3 is 11.9 Å². The highest BCUT2D eigenvalue weighted by atomic mass is 16.6. The van der Waals surface area contributed by atoms with Crippen molar-refractivity contribution < 1.29 is 19.1 Å². The molecule has 0 N–H and O–H groups in total. The largest absolute Gasteiger partial charge is 0.454 e. The number of fused-ring (bicyclic) bond motifs is 6. The van der Waals surface area contributed by atoms with Crippen LogP contribution >= 0.6 is 0 Å². The third-order valence-electron chi connectivity index (χ3n) is 6.88. The lowest BCUT2D eigenvalue weighted by Crippen LogP contribution is -2.39. The van der Waals surface area contributed by atoms with Gasteiger partial charge in [-0.1, -0.05) is 72.8 Å². The highest BCUT2D eigenvalue weighted by Gasteiger charge is 2.55. The molecule has 4 unspecified atom stereocenters. The lowest BCUT2D eigenvalue weighted by Gasteiger charge is -2.32. The normalized spacial score (nSPS) is 22.7. The number of benzene rings is 4. The van der Waals surface area contributed by atoms with Crippen LogP contribution in [0.3, 0.4) is 0 Å². The van der Waals surface area contributed by atoms with Gasteiger partial charge in [0.2, 0.25) is 0 Å². The van der Waals surface area contributed by atoms with E-state index >= 15 is 0 Å². The zero-order valence-electron chi connectivity index (χ0n) is 17.9. The predicted molar refractivity (Wildman–Crippen MR) is 125 cm³/mol. The van der Waals surface area contributed by atoms with Gasteiger partial charge in [-0.25, -0.2) is 9.59 Å². The van der Waals surface area contributed by atoms with Crippen molar-refractivity contribution in [1.82, 2.24) is 0 Å². The maximum Gasteiger partial charge on any atom is 0.338 e. The van der Waals surface area contributed by atoms with Gasteiger partial charge in [0.1, 0.15) is 12.2 Å². The Morgan fingerprint density at radius 2 is 0.970 bits per heavy atom. The van der Waals surface area contributed by atoms with Crippen molar-refractivity contribution in [1.29, 1.82) is 0 Å². The van der Waals surface area contributed by atoms with Crippen LogP contribution in [0.5, 0.6) is 0 Å². The molecule has 4 nitrogen and oxygen atoms in total. The third kappa shape index (κ3) is 3.39. The molecule has 0 amide bonds. The van der Waals surface area contributed by atoms with E-state index in [0.29, 0.717) is 11.1 Å². The van der Waals surface area contributed by atoms with Gasteiger partial charge in [0.05, 0.1) is 11.1 Å². The Kier molecular flexibility index (Phi) is 4.72. The summed E-state index contributed by atoms with van der Waals surface area (Å²) in [6.07, 6.45) is -0.251. The predicted octanol–water partition coefficient (Wildman–Crippen LogP) is 5.88. The fourth-order valence-electron chi connectivity index (χ4n) is 5.36. The molecule has 4 aromatic rings. The van der Waals surface area contributed by atoms with Gasteiger partial charge in [-0.2, -0.15) is 0 Å². The summed E-state index contributed by atoms with van der Waals surface area (Å²) in [6.45, 7) is 0. The fraction of sp³-hybridized carbons (Fsp3) is 0.172. The van der Waals surface area contributed by atoms with Crippen LogP contribution in [0, 0.1) is 0 Å². The number of carbonyl (C=O) groups is 2. The minimum absolute atomic E-state index is 0.00385. The molecule has 0 saturated heterocycles. The van der Waals surface area contributed by atoms with E-state index in [-0.39, 0.29) is 11.8 Å². The number of ether oxygens (including phenoxy) is 2. The highest BCUT2D eigenvalue weighted by molar-refractivity contribution is 5.91. The molecule has 4 heteroatoms. The summed E-state index contributed by atoms with van der Waals surface area (Å²) >= 11 is 0. The first kappa shape index (κ1) is 19.7. The molecule has 2 bridgehead atoms. The first-order valence-electron chi connectivity index (χ1n) is 11.2. The van der Waals surface area contributed by atoms with Crippen LogP contribution in [-0.2, 0) is 9.47 Å². The second kappa shape index (κ2) is 7.89. The van der Waals surface area contributed by atoms with Crippen molar-refractivity contribution in [2.24, 2.45) is 0 Å². The van der Waals surface area contributed by atoms with Crippen molar-refractivity contribution in [2.45, 2.75) is 30.5 Å². The van der Waals surface area contributed by atoms with Gasteiger partial charge in [-0.05, 0) is 52.6 Å². The molecule has 6 rings (SSSR count). The molecule has 2 aliphatic carbocycles. The average Bonchev–Trinajstić information content (AvgIpc) is 3.40. The van der Waals surface area contributed by atoms with Gasteiger partial charge in [0.15, 0.2) is 0 Å². The van der Waals surface area contributed by atoms with Crippen molar-refractivity contribution in [2.75, 3.05) is 0 Å².